The molecule has 0 saturated carbocycles. The van der Waals surface area contributed by atoms with Gasteiger partial charge >= 0.3 is 5.97 Å². The molecule has 0 aliphatic carbocycles. The van der Waals surface area contributed by atoms with E-state index < -0.39 is 5.97 Å². The molecule has 0 aliphatic rings. The summed E-state index contributed by atoms with van der Waals surface area (Å²) in [6.45, 7) is 0. The number of esters is 1. The van der Waals surface area contributed by atoms with Crippen LogP contribution < -0.4 is 5.56 Å². The lowest BCUT2D eigenvalue weighted by Gasteiger charge is -2.02. The Bertz CT molecular complexity index is 850. The van der Waals surface area contributed by atoms with Crippen molar-refractivity contribution in [2.75, 3.05) is 7.11 Å². The third kappa shape index (κ3) is 1.95. The molecule has 100 valence electrons. The highest BCUT2D eigenvalue weighted by molar-refractivity contribution is 5.89. The Kier molecular flexibility index (Phi) is 2.79. The van der Waals surface area contributed by atoms with Crippen molar-refractivity contribution < 1.29 is 9.53 Å². The molecule has 3 aromatic rings. The summed E-state index contributed by atoms with van der Waals surface area (Å²) < 4.78 is 6.30. The van der Waals surface area contributed by atoms with Crippen LogP contribution in [0.3, 0.4) is 0 Å². The number of carbonyl (C=O) groups excluding carboxylic acids is 1. The van der Waals surface area contributed by atoms with E-state index in [9.17, 15) is 9.59 Å². The van der Waals surface area contributed by atoms with E-state index in [0.717, 1.165) is 0 Å². The highest BCUT2D eigenvalue weighted by Crippen LogP contribution is 2.15. The molecule has 3 rings (SSSR count). The van der Waals surface area contributed by atoms with Crippen LogP contribution in [0.5, 0.6) is 0 Å². The minimum Gasteiger partial charge on any atom is -0.465 e. The number of pyridine rings is 2. The second-order valence-electron chi connectivity index (χ2n) is 4.09. The van der Waals surface area contributed by atoms with Crippen molar-refractivity contribution in [3.05, 3.63) is 52.4 Å². The second kappa shape index (κ2) is 4.61. The summed E-state index contributed by atoms with van der Waals surface area (Å²) in [5.74, 6) is -0.00319. The fraction of sp³-hybridized carbons (Fsp3) is 0.0769. The van der Waals surface area contributed by atoms with Crippen LogP contribution in [-0.2, 0) is 4.74 Å². The van der Waals surface area contributed by atoms with Gasteiger partial charge in [-0.2, -0.15) is 0 Å². The third-order valence-electron chi connectivity index (χ3n) is 2.83. The first-order chi connectivity index (χ1) is 9.69. The molecular weight excluding hydrogens is 260 g/mol. The van der Waals surface area contributed by atoms with E-state index in [1.54, 1.807) is 34.9 Å². The predicted octanol–water partition coefficient (Wildman–Crippen LogP) is 0.871. The summed E-state index contributed by atoms with van der Waals surface area (Å²) in [5, 5.41) is 8.01. The maximum absolute atomic E-state index is 11.5. The zero-order valence-electron chi connectivity index (χ0n) is 10.5. The molecule has 1 N–H and O–H groups in total. The van der Waals surface area contributed by atoms with Gasteiger partial charge in [-0.1, -0.05) is 6.07 Å². The van der Waals surface area contributed by atoms with Crippen LogP contribution in [0.25, 0.3) is 17.2 Å². The van der Waals surface area contributed by atoms with Crippen LogP contribution in [0, 0.1) is 0 Å². The van der Waals surface area contributed by atoms with Gasteiger partial charge in [0, 0.05) is 12.3 Å². The molecule has 3 heterocycles. The smallest absolute Gasteiger partial charge is 0.339 e. The van der Waals surface area contributed by atoms with E-state index in [1.807, 2.05) is 0 Å². The normalized spacial score (nSPS) is 10.7. The van der Waals surface area contributed by atoms with Crippen molar-refractivity contribution in [2.24, 2.45) is 0 Å². The Hall–Kier alpha value is -2.96. The molecule has 0 spiro atoms. The number of aromatic amines is 1. The van der Waals surface area contributed by atoms with Gasteiger partial charge in [-0.15, -0.1) is 10.2 Å². The van der Waals surface area contributed by atoms with E-state index in [1.165, 1.54) is 13.2 Å². The fourth-order valence-corrected chi connectivity index (χ4v) is 1.89. The zero-order chi connectivity index (χ0) is 14.1. The highest BCUT2D eigenvalue weighted by atomic mass is 16.5. The summed E-state index contributed by atoms with van der Waals surface area (Å²) in [4.78, 5) is 25.6. The number of hydrogen-bond donors (Lipinski definition) is 1. The molecular formula is C13H10N4O3. The third-order valence-corrected chi connectivity index (χ3v) is 2.83. The van der Waals surface area contributed by atoms with Crippen molar-refractivity contribution >= 4 is 11.6 Å². The van der Waals surface area contributed by atoms with Gasteiger partial charge in [0.2, 0.25) is 5.56 Å². The van der Waals surface area contributed by atoms with E-state index in [2.05, 4.69) is 19.9 Å². The molecule has 20 heavy (non-hydrogen) atoms. The number of rotatable bonds is 2. The van der Waals surface area contributed by atoms with Crippen LogP contribution >= 0.6 is 0 Å². The Labute approximate surface area is 112 Å². The standard InChI is InChI=1S/C13H10N4O3/c1-20-13(19)8-5-6-10-15-16-12(17(10)7-8)9-3-2-4-11(18)14-9/h2-7H,1H3,(H,14,18). The van der Waals surface area contributed by atoms with Crippen molar-refractivity contribution in [3.8, 4) is 11.5 Å². The first-order valence-electron chi connectivity index (χ1n) is 5.82. The summed E-state index contributed by atoms with van der Waals surface area (Å²) in [6.07, 6.45) is 1.57. The van der Waals surface area contributed by atoms with Crippen molar-refractivity contribution in [2.45, 2.75) is 0 Å². The van der Waals surface area contributed by atoms with Crippen molar-refractivity contribution in [1.82, 2.24) is 19.6 Å². The summed E-state index contributed by atoms with van der Waals surface area (Å²) in [7, 11) is 1.31. The average molecular weight is 270 g/mol. The highest BCUT2D eigenvalue weighted by Gasteiger charge is 2.12. The summed E-state index contributed by atoms with van der Waals surface area (Å²) in [5.41, 5.74) is 1.23. The van der Waals surface area contributed by atoms with E-state index in [4.69, 9.17) is 0 Å². The van der Waals surface area contributed by atoms with Gasteiger partial charge in [0.1, 0.15) is 0 Å². The minimum atomic E-state index is -0.451. The Morgan fingerprint density at radius 1 is 1.25 bits per heavy atom. The van der Waals surface area contributed by atoms with Gasteiger partial charge in [-0.3, -0.25) is 9.20 Å². The van der Waals surface area contributed by atoms with Crippen LogP contribution in [0.2, 0.25) is 0 Å². The topological polar surface area (TPSA) is 89.3 Å². The molecule has 0 aliphatic heterocycles. The lowest BCUT2D eigenvalue weighted by Crippen LogP contribution is -2.06. The van der Waals surface area contributed by atoms with Gasteiger partial charge in [0.25, 0.3) is 0 Å². The Balaban J connectivity index is 2.21. The SMILES string of the molecule is COC(=O)c1ccc2nnc(-c3cccc(=O)[nH]3)n2c1. The van der Waals surface area contributed by atoms with Crippen LogP contribution in [0.1, 0.15) is 10.4 Å². The van der Waals surface area contributed by atoms with Crippen LogP contribution in [-0.4, -0.2) is 32.7 Å². The molecule has 0 atom stereocenters. The number of aromatic nitrogens is 4. The molecule has 7 nitrogen and oxygen atoms in total. The number of fused-ring (bicyclic) bond motifs is 1. The first-order valence-corrected chi connectivity index (χ1v) is 5.82. The van der Waals surface area contributed by atoms with Crippen LogP contribution in [0.15, 0.2) is 41.3 Å². The number of nitrogens with zero attached hydrogens (tertiary/aromatic N) is 3. The van der Waals surface area contributed by atoms with Gasteiger partial charge in [-0.25, -0.2) is 4.79 Å². The molecule has 0 saturated heterocycles. The molecule has 0 bridgehead atoms. The molecule has 0 aromatic carbocycles. The molecule has 0 amide bonds. The Morgan fingerprint density at radius 3 is 2.85 bits per heavy atom. The lowest BCUT2D eigenvalue weighted by molar-refractivity contribution is 0.0600. The quantitative estimate of drug-likeness (QED) is 0.698. The van der Waals surface area contributed by atoms with E-state index in [0.29, 0.717) is 22.7 Å². The predicted molar refractivity (Wildman–Crippen MR) is 70.4 cm³/mol. The second-order valence-corrected chi connectivity index (χ2v) is 4.09. The largest absolute Gasteiger partial charge is 0.465 e. The summed E-state index contributed by atoms with van der Waals surface area (Å²) in [6, 6.07) is 8.01. The fourth-order valence-electron chi connectivity index (χ4n) is 1.89. The van der Waals surface area contributed by atoms with E-state index >= 15 is 0 Å². The minimum absolute atomic E-state index is 0.233. The molecule has 3 aromatic heterocycles. The monoisotopic (exact) mass is 270 g/mol. The average Bonchev–Trinajstić information content (AvgIpc) is 2.89. The lowest BCUT2D eigenvalue weighted by atomic mass is 10.3. The Morgan fingerprint density at radius 2 is 2.10 bits per heavy atom. The van der Waals surface area contributed by atoms with Gasteiger partial charge in [0.05, 0.1) is 18.4 Å². The van der Waals surface area contributed by atoms with E-state index in [-0.39, 0.29) is 5.56 Å². The number of H-pyrrole nitrogens is 1. The van der Waals surface area contributed by atoms with Crippen LogP contribution in [0.4, 0.5) is 0 Å². The number of nitrogens with one attached hydrogen (secondary N) is 1. The molecule has 7 heteroatoms. The first kappa shape index (κ1) is 12.1. The molecule has 0 unspecified atom stereocenters. The molecule has 0 radical (unpaired) electrons. The van der Waals surface area contributed by atoms with Gasteiger partial charge in [0.15, 0.2) is 11.5 Å². The zero-order valence-corrected chi connectivity index (χ0v) is 10.5. The van der Waals surface area contributed by atoms with Crippen molar-refractivity contribution in [3.63, 3.8) is 0 Å². The number of hydrogen-bond acceptors (Lipinski definition) is 5. The number of methoxy groups -OCH3 is 1. The van der Waals surface area contributed by atoms with Gasteiger partial charge in [-0.05, 0) is 18.2 Å². The van der Waals surface area contributed by atoms with Crippen molar-refractivity contribution in [1.29, 1.82) is 0 Å². The maximum atomic E-state index is 11.5. The molecule has 0 fully saturated rings. The summed E-state index contributed by atoms with van der Waals surface area (Å²) >= 11 is 0. The van der Waals surface area contributed by atoms with Gasteiger partial charge < -0.3 is 9.72 Å². The number of ether oxygens (including phenoxy) is 1. The maximum Gasteiger partial charge on any atom is 0.339 e. The number of carbonyl (C=O) groups is 1.